The molecule has 1 N–H and O–H groups in total. The summed E-state index contributed by atoms with van der Waals surface area (Å²) in [5.41, 5.74) is 4.39. The molecule has 6 nitrogen and oxygen atoms in total. The number of para-hydroxylation sites is 1. The van der Waals surface area contributed by atoms with E-state index < -0.39 is 0 Å². The average molecular weight is 258 g/mol. The van der Waals surface area contributed by atoms with Gasteiger partial charge >= 0.3 is 0 Å². The third kappa shape index (κ3) is 2.97. The number of tetrazole rings is 1. The predicted octanol–water partition coefficient (Wildman–Crippen LogP) is 1.15. The Labute approximate surface area is 112 Å². The van der Waals surface area contributed by atoms with Crippen molar-refractivity contribution < 1.29 is 0 Å². The summed E-state index contributed by atoms with van der Waals surface area (Å²) in [7, 11) is 0. The van der Waals surface area contributed by atoms with Gasteiger partial charge in [0.2, 0.25) is 0 Å². The van der Waals surface area contributed by atoms with Crippen molar-refractivity contribution in [2.75, 3.05) is 13.1 Å². The first-order valence-corrected chi connectivity index (χ1v) is 6.74. The Kier molecular flexibility index (Phi) is 3.81. The van der Waals surface area contributed by atoms with E-state index in [0.29, 0.717) is 6.54 Å². The zero-order chi connectivity index (χ0) is 12.9. The molecule has 1 aliphatic rings. The van der Waals surface area contributed by atoms with E-state index in [-0.39, 0.29) is 0 Å². The van der Waals surface area contributed by atoms with Crippen LogP contribution in [0.15, 0.2) is 30.3 Å². The molecule has 0 radical (unpaired) electrons. The Morgan fingerprint density at radius 2 is 1.84 bits per heavy atom. The lowest BCUT2D eigenvalue weighted by Gasteiger charge is -2.26. The van der Waals surface area contributed by atoms with Crippen molar-refractivity contribution in [3.8, 4) is 5.69 Å². The lowest BCUT2D eigenvalue weighted by molar-refractivity contribution is 0.149. The molecule has 3 rings (SSSR count). The van der Waals surface area contributed by atoms with E-state index >= 15 is 0 Å². The van der Waals surface area contributed by atoms with Crippen LogP contribution >= 0.6 is 0 Å². The van der Waals surface area contributed by atoms with Gasteiger partial charge in [-0.05, 0) is 35.4 Å². The lowest BCUT2D eigenvalue weighted by Crippen LogP contribution is -2.41. The van der Waals surface area contributed by atoms with Gasteiger partial charge in [0.25, 0.3) is 0 Å². The average Bonchev–Trinajstić information content (AvgIpc) is 2.95. The molecule has 2 aromatic rings. The molecule has 6 heteroatoms. The van der Waals surface area contributed by atoms with E-state index in [4.69, 9.17) is 0 Å². The number of nitrogens with one attached hydrogen (secondary N) is 1. The topological polar surface area (TPSA) is 58.9 Å². The molecule has 0 saturated carbocycles. The molecule has 1 aliphatic heterocycles. The van der Waals surface area contributed by atoms with E-state index in [1.54, 1.807) is 4.68 Å². The van der Waals surface area contributed by atoms with Crippen LogP contribution < -0.4 is 5.43 Å². The van der Waals surface area contributed by atoms with E-state index in [9.17, 15) is 0 Å². The lowest BCUT2D eigenvalue weighted by atomic mass is 10.2. The number of hydrogen-bond acceptors (Lipinski definition) is 5. The number of rotatable bonds is 4. The van der Waals surface area contributed by atoms with Crippen molar-refractivity contribution in [3.63, 3.8) is 0 Å². The molecule has 0 spiro atoms. The third-order valence-corrected chi connectivity index (χ3v) is 3.35. The summed E-state index contributed by atoms with van der Waals surface area (Å²) in [4.78, 5) is 0. The van der Waals surface area contributed by atoms with Crippen LogP contribution in [-0.2, 0) is 6.54 Å². The normalized spacial score (nSPS) is 16.6. The van der Waals surface area contributed by atoms with Crippen LogP contribution in [-0.4, -0.2) is 38.3 Å². The Morgan fingerprint density at radius 3 is 2.63 bits per heavy atom. The van der Waals surface area contributed by atoms with Crippen molar-refractivity contribution in [3.05, 3.63) is 36.2 Å². The molecule has 100 valence electrons. The molecule has 0 amide bonds. The van der Waals surface area contributed by atoms with Crippen molar-refractivity contribution in [1.82, 2.24) is 30.6 Å². The zero-order valence-corrected chi connectivity index (χ0v) is 10.9. The summed E-state index contributed by atoms with van der Waals surface area (Å²) < 4.78 is 1.77. The first-order valence-electron chi connectivity index (χ1n) is 6.74. The SMILES string of the molecule is c1ccc(-n2nnnc2CNN2CCCCC2)cc1. The minimum Gasteiger partial charge on any atom is -0.247 e. The second-order valence-corrected chi connectivity index (χ2v) is 4.73. The summed E-state index contributed by atoms with van der Waals surface area (Å²) in [5, 5.41) is 14.2. The molecule has 0 unspecified atom stereocenters. The maximum absolute atomic E-state index is 4.09. The van der Waals surface area contributed by atoms with Crippen molar-refractivity contribution in [2.24, 2.45) is 0 Å². The number of hydrazine groups is 1. The Bertz CT molecular complexity index is 503. The van der Waals surface area contributed by atoms with Crippen molar-refractivity contribution >= 4 is 0 Å². The fourth-order valence-corrected chi connectivity index (χ4v) is 2.32. The van der Waals surface area contributed by atoms with Crippen LogP contribution in [0.2, 0.25) is 0 Å². The molecule has 2 heterocycles. The molecular weight excluding hydrogens is 240 g/mol. The van der Waals surface area contributed by atoms with E-state index in [1.807, 2.05) is 30.3 Å². The summed E-state index contributed by atoms with van der Waals surface area (Å²) >= 11 is 0. The van der Waals surface area contributed by atoms with Gasteiger partial charge in [0.1, 0.15) is 0 Å². The van der Waals surface area contributed by atoms with Gasteiger partial charge in [0.05, 0.1) is 12.2 Å². The Morgan fingerprint density at radius 1 is 1.05 bits per heavy atom. The molecule has 0 bridgehead atoms. The van der Waals surface area contributed by atoms with Gasteiger partial charge in [-0.2, -0.15) is 4.68 Å². The third-order valence-electron chi connectivity index (χ3n) is 3.35. The molecular formula is C13H18N6. The van der Waals surface area contributed by atoms with Gasteiger partial charge in [-0.1, -0.05) is 24.6 Å². The van der Waals surface area contributed by atoms with Crippen LogP contribution in [0, 0.1) is 0 Å². The van der Waals surface area contributed by atoms with Gasteiger partial charge in [0, 0.05) is 13.1 Å². The highest BCUT2D eigenvalue weighted by Gasteiger charge is 2.12. The summed E-state index contributed by atoms with van der Waals surface area (Å²) in [6, 6.07) is 9.96. The number of hydrogen-bond donors (Lipinski definition) is 1. The van der Waals surface area contributed by atoms with Gasteiger partial charge in [-0.3, -0.25) is 0 Å². The Balaban J connectivity index is 1.67. The van der Waals surface area contributed by atoms with E-state index in [2.05, 4.69) is 26.0 Å². The second-order valence-electron chi connectivity index (χ2n) is 4.73. The van der Waals surface area contributed by atoms with Crippen LogP contribution in [0.3, 0.4) is 0 Å². The second kappa shape index (κ2) is 5.90. The highest BCUT2D eigenvalue weighted by atomic mass is 15.6. The largest absolute Gasteiger partial charge is 0.247 e. The number of piperidine rings is 1. The molecule has 1 aromatic carbocycles. The fourth-order valence-electron chi connectivity index (χ4n) is 2.32. The first-order chi connectivity index (χ1) is 9.43. The van der Waals surface area contributed by atoms with Gasteiger partial charge in [-0.25, -0.2) is 10.4 Å². The highest BCUT2D eigenvalue weighted by molar-refractivity contribution is 5.30. The number of nitrogens with zero attached hydrogens (tertiary/aromatic N) is 5. The van der Waals surface area contributed by atoms with Crippen LogP contribution in [0.25, 0.3) is 5.69 Å². The van der Waals surface area contributed by atoms with Crippen LogP contribution in [0.4, 0.5) is 0 Å². The highest BCUT2D eigenvalue weighted by Crippen LogP contribution is 2.09. The van der Waals surface area contributed by atoms with Crippen molar-refractivity contribution in [2.45, 2.75) is 25.8 Å². The summed E-state index contributed by atoms with van der Waals surface area (Å²) in [6.45, 7) is 2.86. The van der Waals surface area contributed by atoms with Crippen LogP contribution in [0.1, 0.15) is 25.1 Å². The number of benzene rings is 1. The summed E-state index contributed by atoms with van der Waals surface area (Å²) in [6.07, 6.45) is 3.85. The molecule has 0 atom stereocenters. The molecule has 0 aliphatic carbocycles. The molecule has 1 fully saturated rings. The van der Waals surface area contributed by atoms with Gasteiger partial charge in [-0.15, -0.1) is 5.10 Å². The minimum atomic E-state index is 0.655. The molecule has 19 heavy (non-hydrogen) atoms. The fraction of sp³-hybridized carbons (Fsp3) is 0.462. The standard InChI is InChI=1S/C13H18N6/c1-3-7-12(8-4-1)19-13(15-16-17-19)11-14-18-9-5-2-6-10-18/h1,3-4,7-8,14H,2,5-6,9-11H2. The molecule has 1 aromatic heterocycles. The minimum absolute atomic E-state index is 0.655. The van der Waals surface area contributed by atoms with Crippen LogP contribution in [0.5, 0.6) is 0 Å². The smallest absolute Gasteiger partial charge is 0.171 e. The van der Waals surface area contributed by atoms with Gasteiger partial charge < -0.3 is 0 Å². The maximum atomic E-state index is 4.09. The molecule has 1 saturated heterocycles. The van der Waals surface area contributed by atoms with Gasteiger partial charge in [0.15, 0.2) is 5.82 Å². The van der Waals surface area contributed by atoms with Crippen molar-refractivity contribution in [1.29, 1.82) is 0 Å². The quantitative estimate of drug-likeness (QED) is 0.891. The zero-order valence-electron chi connectivity index (χ0n) is 10.9. The maximum Gasteiger partial charge on any atom is 0.171 e. The Hall–Kier alpha value is -1.79. The first kappa shape index (κ1) is 12.3. The predicted molar refractivity (Wildman–Crippen MR) is 71.4 cm³/mol. The summed E-state index contributed by atoms with van der Waals surface area (Å²) in [5.74, 6) is 0.830. The number of aromatic nitrogens is 4. The van der Waals surface area contributed by atoms with E-state index in [0.717, 1.165) is 24.6 Å². The monoisotopic (exact) mass is 258 g/mol. The van der Waals surface area contributed by atoms with E-state index in [1.165, 1.54) is 19.3 Å².